The summed E-state index contributed by atoms with van der Waals surface area (Å²) < 4.78 is 15.5. The lowest BCUT2D eigenvalue weighted by Crippen LogP contribution is -2.40. The molecular formula is C24H27NO5. The summed E-state index contributed by atoms with van der Waals surface area (Å²) in [6.07, 6.45) is 3.08. The Bertz CT molecular complexity index is 914. The molecule has 1 saturated heterocycles. The van der Waals surface area contributed by atoms with Crippen LogP contribution >= 0.6 is 0 Å². The highest BCUT2D eigenvalue weighted by Gasteiger charge is 2.29. The summed E-state index contributed by atoms with van der Waals surface area (Å²) in [5, 5.41) is 0. The molecule has 2 aromatic rings. The van der Waals surface area contributed by atoms with Crippen molar-refractivity contribution in [3.05, 3.63) is 59.7 Å². The Morgan fingerprint density at radius 2 is 1.60 bits per heavy atom. The molecule has 2 aromatic carbocycles. The molecule has 30 heavy (non-hydrogen) atoms. The van der Waals surface area contributed by atoms with Crippen LogP contribution in [0, 0.1) is 5.92 Å². The van der Waals surface area contributed by atoms with Crippen molar-refractivity contribution in [2.75, 3.05) is 34.4 Å². The van der Waals surface area contributed by atoms with Gasteiger partial charge in [0.05, 0.1) is 27.2 Å². The first-order valence-corrected chi connectivity index (χ1v) is 9.93. The van der Waals surface area contributed by atoms with Crippen LogP contribution in [-0.2, 0) is 14.3 Å². The van der Waals surface area contributed by atoms with E-state index in [0.717, 1.165) is 11.1 Å². The van der Waals surface area contributed by atoms with Gasteiger partial charge in [-0.15, -0.1) is 0 Å². The highest BCUT2D eigenvalue weighted by molar-refractivity contribution is 6.24. The maximum absolute atomic E-state index is 13.4. The van der Waals surface area contributed by atoms with E-state index in [1.807, 2.05) is 54.6 Å². The second kappa shape index (κ2) is 9.96. The van der Waals surface area contributed by atoms with Gasteiger partial charge in [0.2, 0.25) is 0 Å². The largest absolute Gasteiger partial charge is 0.493 e. The second-order valence-electron chi connectivity index (χ2n) is 7.13. The number of amides is 1. The number of nitrogens with zero attached hydrogens (tertiary/aromatic N) is 1. The molecule has 0 aliphatic carbocycles. The van der Waals surface area contributed by atoms with Gasteiger partial charge in [0.1, 0.15) is 0 Å². The number of hydrogen-bond donors (Lipinski definition) is 0. The molecule has 0 spiro atoms. The van der Waals surface area contributed by atoms with E-state index in [-0.39, 0.29) is 17.8 Å². The van der Waals surface area contributed by atoms with Crippen molar-refractivity contribution in [2.45, 2.75) is 12.8 Å². The van der Waals surface area contributed by atoms with Crippen LogP contribution in [0.1, 0.15) is 24.0 Å². The number of esters is 1. The molecule has 1 heterocycles. The summed E-state index contributed by atoms with van der Waals surface area (Å²) >= 11 is 0. The third kappa shape index (κ3) is 4.82. The van der Waals surface area contributed by atoms with Crippen molar-refractivity contribution in [2.24, 2.45) is 5.92 Å². The summed E-state index contributed by atoms with van der Waals surface area (Å²) in [5.41, 5.74) is 2.27. The van der Waals surface area contributed by atoms with Gasteiger partial charge in [-0.3, -0.25) is 9.59 Å². The smallest absolute Gasteiger partial charge is 0.308 e. The van der Waals surface area contributed by atoms with Gasteiger partial charge in [0.25, 0.3) is 5.91 Å². The predicted molar refractivity (Wildman–Crippen MR) is 115 cm³/mol. The number of rotatable bonds is 6. The number of carbonyl (C=O) groups excluding carboxylic acids is 2. The SMILES string of the molecule is COC(=O)C1CCN(C(=O)/C(=C/c2ccc(OC)c(OC)c2)c2ccccc2)CC1. The Hall–Kier alpha value is -3.28. The number of piperidine rings is 1. The van der Waals surface area contributed by atoms with Crippen LogP contribution in [0.25, 0.3) is 11.6 Å². The quantitative estimate of drug-likeness (QED) is 0.414. The van der Waals surface area contributed by atoms with Crippen LogP contribution in [0.3, 0.4) is 0 Å². The van der Waals surface area contributed by atoms with E-state index < -0.39 is 0 Å². The Balaban J connectivity index is 1.90. The monoisotopic (exact) mass is 409 g/mol. The molecule has 0 aromatic heterocycles. The van der Waals surface area contributed by atoms with E-state index >= 15 is 0 Å². The summed E-state index contributed by atoms with van der Waals surface area (Å²) in [6.45, 7) is 1.05. The van der Waals surface area contributed by atoms with E-state index in [9.17, 15) is 9.59 Å². The van der Waals surface area contributed by atoms with Gasteiger partial charge in [-0.25, -0.2) is 0 Å². The fourth-order valence-electron chi connectivity index (χ4n) is 3.65. The van der Waals surface area contributed by atoms with E-state index in [0.29, 0.717) is 43.0 Å². The predicted octanol–water partition coefficient (Wildman–Crippen LogP) is 3.66. The number of benzene rings is 2. The van der Waals surface area contributed by atoms with Crippen molar-refractivity contribution in [1.82, 2.24) is 4.90 Å². The Labute approximate surface area is 177 Å². The van der Waals surface area contributed by atoms with Gasteiger partial charge in [0, 0.05) is 18.7 Å². The van der Waals surface area contributed by atoms with Crippen LogP contribution in [0.15, 0.2) is 48.5 Å². The number of hydrogen-bond acceptors (Lipinski definition) is 5. The lowest BCUT2D eigenvalue weighted by molar-refractivity contribution is -0.148. The molecule has 158 valence electrons. The first kappa shape index (κ1) is 21.4. The number of likely N-dealkylation sites (tertiary alicyclic amines) is 1. The second-order valence-corrected chi connectivity index (χ2v) is 7.13. The average Bonchev–Trinajstić information content (AvgIpc) is 2.82. The molecule has 0 radical (unpaired) electrons. The minimum Gasteiger partial charge on any atom is -0.493 e. The van der Waals surface area contributed by atoms with Gasteiger partial charge in [-0.1, -0.05) is 36.4 Å². The molecule has 3 rings (SSSR count). The van der Waals surface area contributed by atoms with Gasteiger partial charge in [-0.2, -0.15) is 0 Å². The van der Waals surface area contributed by atoms with Gasteiger partial charge in [-0.05, 0) is 42.2 Å². The van der Waals surface area contributed by atoms with Gasteiger partial charge < -0.3 is 19.1 Å². The maximum Gasteiger partial charge on any atom is 0.308 e. The summed E-state index contributed by atoms with van der Waals surface area (Å²) in [4.78, 5) is 27.0. The van der Waals surface area contributed by atoms with E-state index in [2.05, 4.69) is 0 Å². The fourth-order valence-corrected chi connectivity index (χ4v) is 3.65. The Morgan fingerprint density at radius 3 is 2.20 bits per heavy atom. The molecule has 0 atom stereocenters. The highest BCUT2D eigenvalue weighted by atomic mass is 16.5. The minimum absolute atomic E-state index is 0.0562. The van der Waals surface area contributed by atoms with E-state index in [4.69, 9.17) is 14.2 Å². The lowest BCUT2D eigenvalue weighted by atomic mass is 9.95. The maximum atomic E-state index is 13.4. The van der Waals surface area contributed by atoms with Gasteiger partial charge >= 0.3 is 5.97 Å². The van der Waals surface area contributed by atoms with Crippen molar-refractivity contribution in [3.63, 3.8) is 0 Å². The van der Waals surface area contributed by atoms with Crippen LogP contribution in [0.5, 0.6) is 11.5 Å². The molecule has 6 nitrogen and oxygen atoms in total. The van der Waals surface area contributed by atoms with Crippen molar-refractivity contribution in [1.29, 1.82) is 0 Å². The summed E-state index contributed by atoms with van der Waals surface area (Å²) in [6, 6.07) is 15.1. The van der Waals surface area contributed by atoms with Crippen LogP contribution in [-0.4, -0.2) is 51.2 Å². The lowest BCUT2D eigenvalue weighted by Gasteiger charge is -2.31. The Kier molecular flexibility index (Phi) is 7.12. The zero-order chi connectivity index (χ0) is 21.5. The number of carbonyl (C=O) groups is 2. The molecule has 0 saturated carbocycles. The number of ether oxygens (including phenoxy) is 3. The third-order valence-electron chi connectivity index (χ3n) is 5.35. The molecule has 6 heteroatoms. The van der Waals surface area contributed by atoms with Crippen LogP contribution in [0.2, 0.25) is 0 Å². The van der Waals surface area contributed by atoms with Crippen molar-refractivity contribution < 1.29 is 23.8 Å². The van der Waals surface area contributed by atoms with Crippen molar-refractivity contribution in [3.8, 4) is 11.5 Å². The minimum atomic E-state index is -0.203. The third-order valence-corrected chi connectivity index (χ3v) is 5.35. The van der Waals surface area contributed by atoms with E-state index in [1.54, 1.807) is 19.1 Å². The average molecular weight is 409 g/mol. The summed E-state index contributed by atoms with van der Waals surface area (Å²) in [7, 11) is 4.57. The standard InChI is InChI=1S/C24H27NO5/c1-28-21-10-9-17(16-22(21)29-2)15-20(18-7-5-4-6-8-18)23(26)25-13-11-19(12-14-25)24(27)30-3/h4-10,15-16,19H,11-14H2,1-3H3/b20-15+. The zero-order valence-corrected chi connectivity index (χ0v) is 17.6. The summed E-state index contributed by atoms with van der Waals surface area (Å²) in [5.74, 6) is 0.830. The highest BCUT2D eigenvalue weighted by Crippen LogP contribution is 2.30. The molecular weight excluding hydrogens is 382 g/mol. The molecule has 1 amide bonds. The molecule has 1 aliphatic rings. The normalized spacial score (nSPS) is 14.9. The van der Waals surface area contributed by atoms with Gasteiger partial charge in [0.15, 0.2) is 11.5 Å². The Morgan fingerprint density at radius 1 is 0.933 bits per heavy atom. The molecule has 0 bridgehead atoms. The number of methoxy groups -OCH3 is 3. The molecule has 0 N–H and O–H groups in total. The molecule has 1 aliphatic heterocycles. The van der Waals surface area contributed by atoms with Crippen LogP contribution < -0.4 is 9.47 Å². The molecule has 1 fully saturated rings. The van der Waals surface area contributed by atoms with Crippen LogP contribution in [0.4, 0.5) is 0 Å². The van der Waals surface area contributed by atoms with E-state index in [1.165, 1.54) is 7.11 Å². The fraction of sp³-hybridized carbons (Fsp3) is 0.333. The topological polar surface area (TPSA) is 65.1 Å². The first-order valence-electron chi connectivity index (χ1n) is 9.93. The molecule has 0 unspecified atom stereocenters. The first-order chi connectivity index (χ1) is 14.6. The van der Waals surface area contributed by atoms with Crippen molar-refractivity contribution >= 4 is 23.5 Å². The zero-order valence-electron chi connectivity index (χ0n) is 17.6.